The number of hydrogen-bond acceptors (Lipinski definition) is 3. The first-order chi connectivity index (χ1) is 9.69. The van der Waals surface area contributed by atoms with Crippen LogP contribution < -0.4 is 5.32 Å². The summed E-state index contributed by atoms with van der Waals surface area (Å²) in [5.41, 5.74) is 1.55. The molecule has 0 aromatic heterocycles. The van der Waals surface area contributed by atoms with Crippen molar-refractivity contribution in [3.05, 3.63) is 35.4 Å². The Bertz CT molecular complexity index is 436. The largest absolute Gasteiger partial charge is 0.392 e. The number of carbonyl (C=O) groups excluding carboxylic acids is 1. The summed E-state index contributed by atoms with van der Waals surface area (Å²) in [6.07, 6.45) is 4.66. The van der Waals surface area contributed by atoms with Crippen LogP contribution in [-0.4, -0.2) is 31.3 Å². The molecule has 1 fully saturated rings. The van der Waals surface area contributed by atoms with Crippen LogP contribution in [0.3, 0.4) is 0 Å². The smallest absolute Gasteiger partial charge is 0.251 e. The molecule has 2 N–H and O–H groups in total. The Morgan fingerprint density at radius 2 is 1.95 bits per heavy atom. The predicted octanol–water partition coefficient (Wildman–Crippen LogP) is 2.12. The normalized spacial score (nSPS) is 17.1. The Balaban J connectivity index is 1.93. The molecule has 0 unspecified atom stereocenters. The third kappa shape index (κ3) is 3.58. The second kappa shape index (κ2) is 6.86. The van der Waals surface area contributed by atoms with Gasteiger partial charge in [0.05, 0.1) is 13.2 Å². The van der Waals surface area contributed by atoms with E-state index < -0.39 is 0 Å². The Labute approximate surface area is 120 Å². The molecule has 4 nitrogen and oxygen atoms in total. The summed E-state index contributed by atoms with van der Waals surface area (Å²) < 4.78 is 5.32. The van der Waals surface area contributed by atoms with Gasteiger partial charge in [-0.25, -0.2) is 0 Å². The molecular weight excluding hydrogens is 254 g/mol. The number of aliphatic hydroxyl groups excluding tert-OH is 1. The molecule has 1 aromatic rings. The maximum atomic E-state index is 12.1. The molecule has 1 aliphatic carbocycles. The minimum Gasteiger partial charge on any atom is -0.392 e. The van der Waals surface area contributed by atoms with Crippen LogP contribution in [0.2, 0.25) is 0 Å². The summed E-state index contributed by atoms with van der Waals surface area (Å²) in [6.45, 7) is 1.37. The van der Waals surface area contributed by atoms with Crippen molar-refractivity contribution in [3.63, 3.8) is 0 Å². The predicted molar refractivity (Wildman–Crippen MR) is 77.5 cm³/mol. The summed E-state index contributed by atoms with van der Waals surface area (Å²) >= 11 is 0. The molecule has 20 heavy (non-hydrogen) atoms. The molecule has 0 bridgehead atoms. The summed E-state index contributed by atoms with van der Waals surface area (Å²) in [5.74, 6) is -0.0585. The van der Waals surface area contributed by atoms with Crippen molar-refractivity contribution in [1.29, 1.82) is 0 Å². The van der Waals surface area contributed by atoms with Gasteiger partial charge in [0.1, 0.15) is 0 Å². The van der Waals surface area contributed by atoms with Gasteiger partial charge in [-0.1, -0.05) is 25.0 Å². The topological polar surface area (TPSA) is 58.6 Å². The zero-order valence-electron chi connectivity index (χ0n) is 12.0. The fraction of sp³-hybridized carbons (Fsp3) is 0.562. The molecule has 1 aromatic carbocycles. The number of rotatable bonds is 6. The summed E-state index contributed by atoms with van der Waals surface area (Å²) in [5, 5.41) is 12.0. The lowest BCUT2D eigenvalue weighted by atomic mass is 9.87. The molecule has 1 amide bonds. The Morgan fingerprint density at radius 1 is 1.30 bits per heavy atom. The lowest BCUT2D eigenvalue weighted by Gasteiger charge is -2.28. The number of hydrogen-bond donors (Lipinski definition) is 2. The van der Waals surface area contributed by atoms with Crippen LogP contribution in [0.5, 0.6) is 0 Å². The second-order valence-corrected chi connectivity index (χ2v) is 5.68. The first-order valence-electron chi connectivity index (χ1n) is 7.16. The van der Waals surface area contributed by atoms with E-state index in [2.05, 4.69) is 5.32 Å². The zero-order valence-corrected chi connectivity index (χ0v) is 12.0. The number of amides is 1. The lowest BCUT2D eigenvalue weighted by Crippen LogP contribution is -2.38. The average Bonchev–Trinajstić information content (AvgIpc) is 2.94. The van der Waals surface area contributed by atoms with E-state index in [4.69, 9.17) is 9.84 Å². The zero-order chi connectivity index (χ0) is 14.4. The standard InChI is InChI=1S/C16H23NO3/c1-20-12-16(8-2-3-9-16)11-17-15(19)14-6-4-13(10-18)5-7-14/h4-7,18H,2-3,8-12H2,1H3,(H,17,19). The van der Waals surface area contributed by atoms with Gasteiger partial charge < -0.3 is 15.2 Å². The monoisotopic (exact) mass is 277 g/mol. The Kier molecular flexibility index (Phi) is 5.15. The average molecular weight is 277 g/mol. The number of ether oxygens (including phenoxy) is 1. The summed E-state index contributed by atoms with van der Waals surface area (Å²) in [6, 6.07) is 7.04. The Morgan fingerprint density at radius 3 is 2.50 bits per heavy atom. The van der Waals surface area contributed by atoms with Crippen molar-refractivity contribution in [1.82, 2.24) is 5.32 Å². The van der Waals surface area contributed by atoms with Crippen molar-refractivity contribution < 1.29 is 14.6 Å². The minimum atomic E-state index is -0.0585. The SMILES string of the molecule is COCC1(CNC(=O)c2ccc(CO)cc2)CCCC1. The van der Waals surface area contributed by atoms with E-state index in [0.717, 1.165) is 18.4 Å². The highest BCUT2D eigenvalue weighted by Crippen LogP contribution is 2.37. The Hall–Kier alpha value is -1.39. The number of nitrogens with one attached hydrogen (secondary N) is 1. The number of aliphatic hydroxyl groups is 1. The fourth-order valence-electron chi connectivity index (χ4n) is 2.93. The van der Waals surface area contributed by atoms with Crippen molar-refractivity contribution in [2.75, 3.05) is 20.3 Å². The van der Waals surface area contributed by atoms with E-state index in [0.29, 0.717) is 18.7 Å². The van der Waals surface area contributed by atoms with Crippen LogP contribution >= 0.6 is 0 Å². The molecule has 0 radical (unpaired) electrons. The van der Waals surface area contributed by atoms with Crippen LogP contribution in [0.25, 0.3) is 0 Å². The van der Waals surface area contributed by atoms with Crippen LogP contribution in [0, 0.1) is 5.41 Å². The van der Waals surface area contributed by atoms with Crippen LogP contribution in [-0.2, 0) is 11.3 Å². The van der Waals surface area contributed by atoms with E-state index in [9.17, 15) is 4.79 Å². The lowest BCUT2D eigenvalue weighted by molar-refractivity contribution is 0.0740. The third-order valence-electron chi connectivity index (χ3n) is 4.14. The van der Waals surface area contributed by atoms with Crippen LogP contribution in [0.1, 0.15) is 41.6 Å². The van der Waals surface area contributed by atoms with Crippen molar-refractivity contribution in [2.45, 2.75) is 32.3 Å². The molecule has 1 aliphatic rings. The van der Waals surface area contributed by atoms with Crippen molar-refractivity contribution in [3.8, 4) is 0 Å². The first-order valence-corrected chi connectivity index (χ1v) is 7.16. The highest BCUT2D eigenvalue weighted by atomic mass is 16.5. The maximum Gasteiger partial charge on any atom is 0.251 e. The molecule has 1 saturated carbocycles. The van der Waals surface area contributed by atoms with Gasteiger partial charge in [-0.2, -0.15) is 0 Å². The summed E-state index contributed by atoms with van der Waals surface area (Å²) in [7, 11) is 1.72. The maximum absolute atomic E-state index is 12.1. The van der Waals surface area contributed by atoms with E-state index in [1.165, 1.54) is 12.8 Å². The first kappa shape index (κ1) is 15.0. The minimum absolute atomic E-state index is 0.00114. The van der Waals surface area contributed by atoms with E-state index >= 15 is 0 Å². The van der Waals surface area contributed by atoms with E-state index in [-0.39, 0.29) is 17.9 Å². The number of methoxy groups -OCH3 is 1. The van der Waals surface area contributed by atoms with Gasteiger partial charge in [0.15, 0.2) is 0 Å². The van der Waals surface area contributed by atoms with Gasteiger partial charge in [0.2, 0.25) is 0 Å². The fourth-order valence-corrected chi connectivity index (χ4v) is 2.93. The van der Waals surface area contributed by atoms with Gasteiger partial charge >= 0.3 is 0 Å². The van der Waals surface area contributed by atoms with Crippen molar-refractivity contribution >= 4 is 5.91 Å². The molecule has 0 saturated heterocycles. The molecular formula is C16H23NO3. The van der Waals surface area contributed by atoms with E-state index in [1.54, 1.807) is 31.4 Å². The molecule has 0 heterocycles. The summed E-state index contributed by atoms with van der Waals surface area (Å²) in [4.78, 5) is 12.1. The number of carbonyl (C=O) groups is 1. The quantitative estimate of drug-likeness (QED) is 0.837. The molecule has 0 aliphatic heterocycles. The van der Waals surface area contributed by atoms with Crippen LogP contribution in [0.15, 0.2) is 24.3 Å². The van der Waals surface area contributed by atoms with Crippen LogP contribution in [0.4, 0.5) is 0 Å². The van der Waals surface area contributed by atoms with Gasteiger partial charge in [-0.05, 0) is 30.5 Å². The highest BCUT2D eigenvalue weighted by molar-refractivity contribution is 5.94. The number of benzene rings is 1. The molecule has 0 spiro atoms. The molecule has 110 valence electrons. The third-order valence-corrected chi connectivity index (χ3v) is 4.14. The molecule has 4 heteroatoms. The van der Waals surface area contributed by atoms with Gasteiger partial charge in [-0.3, -0.25) is 4.79 Å². The second-order valence-electron chi connectivity index (χ2n) is 5.68. The molecule has 2 rings (SSSR count). The van der Waals surface area contributed by atoms with Gasteiger partial charge in [0, 0.05) is 24.6 Å². The highest BCUT2D eigenvalue weighted by Gasteiger charge is 2.34. The van der Waals surface area contributed by atoms with E-state index in [1.807, 2.05) is 0 Å². The van der Waals surface area contributed by atoms with Gasteiger partial charge in [-0.15, -0.1) is 0 Å². The van der Waals surface area contributed by atoms with Crippen molar-refractivity contribution in [2.24, 2.45) is 5.41 Å². The molecule has 0 atom stereocenters. The van der Waals surface area contributed by atoms with Gasteiger partial charge in [0.25, 0.3) is 5.91 Å².